The van der Waals surface area contributed by atoms with Crippen molar-refractivity contribution in [2.24, 2.45) is 5.92 Å². The van der Waals surface area contributed by atoms with E-state index in [-0.39, 0.29) is 30.0 Å². The topological polar surface area (TPSA) is 49.3 Å². The summed E-state index contributed by atoms with van der Waals surface area (Å²) in [5, 5.41) is 11.5. The third-order valence-corrected chi connectivity index (χ3v) is 2.89. The molecule has 0 radical (unpaired) electrons. The lowest BCUT2D eigenvalue weighted by Gasteiger charge is -2.17. The van der Waals surface area contributed by atoms with Crippen molar-refractivity contribution in [1.82, 2.24) is 5.32 Å². The predicted octanol–water partition coefficient (Wildman–Crippen LogP) is 1.94. The van der Waals surface area contributed by atoms with Crippen molar-refractivity contribution in [2.75, 3.05) is 6.61 Å². The van der Waals surface area contributed by atoms with Gasteiger partial charge in [0.1, 0.15) is 12.4 Å². The van der Waals surface area contributed by atoms with Crippen molar-refractivity contribution in [1.29, 1.82) is 0 Å². The maximum absolute atomic E-state index is 13.2. The summed E-state index contributed by atoms with van der Waals surface area (Å²) < 4.78 is 13.2. The van der Waals surface area contributed by atoms with Gasteiger partial charge in [0.15, 0.2) is 0 Å². The van der Waals surface area contributed by atoms with Gasteiger partial charge >= 0.3 is 0 Å². The van der Waals surface area contributed by atoms with E-state index in [4.69, 9.17) is 5.11 Å². The highest BCUT2D eigenvalue weighted by Gasteiger charge is 2.15. The maximum atomic E-state index is 13.2. The first-order valence-electron chi connectivity index (χ1n) is 6.15. The molecule has 1 rings (SSSR count). The summed E-state index contributed by atoms with van der Waals surface area (Å²) in [6, 6.07) is 3.82. The molecule has 0 heterocycles. The molecule has 0 aromatic heterocycles. The van der Waals surface area contributed by atoms with Crippen molar-refractivity contribution in [3.63, 3.8) is 0 Å². The lowest BCUT2D eigenvalue weighted by atomic mass is 10.0. The van der Waals surface area contributed by atoms with Crippen LogP contribution in [0.3, 0.4) is 0 Å². The van der Waals surface area contributed by atoms with E-state index in [1.807, 2.05) is 20.8 Å². The van der Waals surface area contributed by atoms with Gasteiger partial charge in [-0.2, -0.15) is 0 Å². The molecule has 0 spiro atoms. The van der Waals surface area contributed by atoms with Crippen LogP contribution in [0.5, 0.6) is 0 Å². The fraction of sp³-hybridized carbons (Fsp3) is 0.400. The van der Waals surface area contributed by atoms with E-state index in [1.165, 1.54) is 12.1 Å². The summed E-state index contributed by atoms with van der Waals surface area (Å²) in [6.45, 7) is 5.56. The molecule has 1 aromatic carbocycles. The van der Waals surface area contributed by atoms with Gasteiger partial charge in [-0.25, -0.2) is 4.39 Å². The van der Waals surface area contributed by atoms with Crippen molar-refractivity contribution >= 4 is 5.91 Å². The van der Waals surface area contributed by atoms with E-state index in [1.54, 1.807) is 0 Å². The standard InChI is InChI=1S/C15H18FNO2/c1-10(2)11(3)17-15(19)14-9-13(16)7-6-12(14)5-4-8-18/h6-7,9-11,18H,8H2,1-3H3,(H,17,19). The minimum atomic E-state index is -0.489. The Hall–Kier alpha value is -1.86. The monoisotopic (exact) mass is 263 g/mol. The molecule has 0 saturated heterocycles. The first kappa shape index (κ1) is 15.2. The van der Waals surface area contributed by atoms with Crippen LogP contribution in [-0.2, 0) is 0 Å². The molecule has 0 aliphatic heterocycles. The van der Waals surface area contributed by atoms with Gasteiger partial charge < -0.3 is 10.4 Å². The zero-order valence-corrected chi connectivity index (χ0v) is 11.3. The summed E-state index contributed by atoms with van der Waals surface area (Å²) in [6.07, 6.45) is 0. The molecular weight excluding hydrogens is 245 g/mol. The maximum Gasteiger partial charge on any atom is 0.252 e. The molecule has 1 amide bonds. The Kier molecular flexibility index (Phi) is 5.53. The zero-order valence-electron chi connectivity index (χ0n) is 11.3. The molecular formula is C15H18FNO2. The van der Waals surface area contributed by atoms with E-state index in [9.17, 15) is 9.18 Å². The molecule has 0 aliphatic carbocycles. The summed E-state index contributed by atoms with van der Waals surface area (Å²) in [5.74, 6) is 4.54. The van der Waals surface area contributed by atoms with Crippen LogP contribution in [0.1, 0.15) is 36.7 Å². The lowest BCUT2D eigenvalue weighted by Crippen LogP contribution is -2.36. The number of benzene rings is 1. The number of amides is 1. The molecule has 1 atom stereocenters. The Morgan fingerprint density at radius 2 is 2.11 bits per heavy atom. The summed E-state index contributed by atoms with van der Waals surface area (Å²) in [7, 11) is 0. The Labute approximate surface area is 112 Å². The average Bonchev–Trinajstić information content (AvgIpc) is 2.36. The van der Waals surface area contributed by atoms with Gasteiger partial charge in [-0.1, -0.05) is 25.7 Å². The number of hydrogen-bond donors (Lipinski definition) is 2. The molecule has 2 N–H and O–H groups in total. The molecule has 3 nitrogen and oxygen atoms in total. The molecule has 4 heteroatoms. The van der Waals surface area contributed by atoms with Crippen molar-refractivity contribution < 1.29 is 14.3 Å². The van der Waals surface area contributed by atoms with Crippen LogP contribution in [-0.4, -0.2) is 23.7 Å². The molecule has 0 aliphatic rings. The van der Waals surface area contributed by atoms with Crippen LogP contribution >= 0.6 is 0 Å². The second kappa shape index (κ2) is 6.91. The number of hydrogen-bond acceptors (Lipinski definition) is 2. The molecule has 0 bridgehead atoms. The van der Waals surface area contributed by atoms with Crippen molar-refractivity contribution in [3.05, 3.63) is 35.1 Å². The molecule has 1 unspecified atom stereocenters. The van der Waals surface area contributed by atoms with Gasteiger partial charge in [0.05, 0.1) is 5.56 Å². The second-order valence-corrected chi connectivity index (χ2v) is 4.66. The number of carbonyl (C=O) groups excluding carboxylic acids is 1. The van der Waals surface area contributed by atoms with E-state index in [0.717, 1.165) is 6.07 Å². The number of aliphatic hydroxyl groups is 1. The first-order chi connectivity index (χ1) is 8.95. The number of nitrogens with one attached hydrogen (secondary N) is 1. The molecule has 102 valence electrons. The van der Waals surface area contributed by atoms with Gasteiger partial charge in [-0.15, -0.1) is 0 Å². The molecule has 0 saturated carbocycles. The third kappa shape index (κ3) is 4.38. The van der Waals surface area contributed by atoms with Gasteiger partial charge in [0, 0.05) is 11.6 Å². The first-order valence-corrected chi connectivity index (χ1v) is 6.15. The van der Waals surface area contributed by atoms with Gasteiger partial charge in [-0.05, 0) is 31.0 Å². The Bertz CT molecular complexity index is 515. The van der Waals surface area contributed by atoms with Crippen LogP contribution < -0.4 is 5.32 Å². The van der Waals surface area contributed by atoms with E-state index in [0.29, 0.717) is 5.56 Å². The van der Waals surface area contributed by atoms with Crippen LogP contribution in [0, 0.1) is 23.6 Å². The van der Waals surface area contributed by atoms with Crippen LogP contribution in [0.15, 0.2) is 18.2 Å². The van der Waals surface area contributed by atoms with Crippen LogP contribution in [0.4, 0.5) is 4.39 Å². The van der Waals surface area contributed by atoms with E-state index >= 15 is 0 Å². The number of halogens is 1. The summed E-state index contributed by atoms with van der Waals surface area (Å²) in [4.78, 5) is 12.1. The van der Waals surface area contributed by atoms with Crippen LogP contribution in [0.25, 0.3) is 0 Å². The number of rotatable bonds is 3. The minimum absolute atomic E-state index is 0.0191. The fourth-order valence-electron chi connectivity index (χ4n) is 1.40. The lowest BCUT2D eigenvalue weighted by molar-refractivity contribution is 0.0930. The predicted molar refractivity (Wildman–Crippen MR) is 72.1 cm³/mol. The SMILES string of the molecule is CC(C)C(C)NC(=O)c1cc(F)ccc1C#CCO. The molecule has 1 aromatic rings. The minimum Gasteiger partial charge on any atom is -0.384 e. The number of carbonyl (C=O) groups is 1. The molecule has 0 fully saturated rings. The summed E-state index contributed by atoms with van der Waals surface area (Å²) >= 11 is 0. The Balaban J connectivity index is 3.03. The van der Waals surface area contributed by atoms with E-state index in [2.05, 4.69) is 17.2 Å². The summed E-state index contributed by atoms with van der Waals surface area (Å²) in [5.41, 5.74) is 0.595. The van der Waals surface area contributed by atoms with Crippen molar-refractivity contribution in [3.8, 4) is 11.8 Å². The van der Waals surface area contributed by atoms with Gasteiger partial charge in [-0.3, -0.25) is 4.79 Å². The van der Waals surface area contributed by atoms with Crippen molar-refractivity contribution in [2.45, 2.75) is 26.8 Å². The van der Waals surface area contributed by atoms with Crippen LogP contribution in [0.2, 0.25) is 0 Å². The normalized spacial score (nSPS) is 11.7. The highest BCUT2D eigenvalue weighted by atomic mass is 19.1. The van der Waals surface area contributed by atoms with E-state index < -0.39 is 5.82 Å². The highest BCUT2D eigenvalue weighted by molar-refractivity contribution is 5.96. The number of aliphatic hydroxyl groups excluding tert-OH is 1. The fourth-order valence-corrected chi connectivity index (χ4v) is 1.40. The third-order valence-electron chi connectivity index (χ3n) is 2.89. The van der Waals surface area contributed by atoms with Gasteiger partial charge in [0.25, 0.3) is 5.91 Å². The Morgan fingerprint density at radius 3 is 2.68 bits per heavy atom. The smallest absolute Gasteiger partial charge is 0.252 e. The highest BCUT2D eigenvalue weighted by Crippen LogP contribution is 2.11. The largest absolute Gasteiger partial charge is 0.384 e. The second-order valence-electron chi connectivity index (χ2n) is 4.66. The Morgan fingerprint density at radius 1 is 1.42 bits per heavy atom. The zero-order chi connectivity index (χ0) is 14.4. The molecule has 19 heavy (non-hydrogen) atoms. The quantitative estimate of drug-likeness (QED) is 0.819. The van der Waals surface area contributed by atoms with Gasteiger partial charge in [0.2, 0.25) is 0 Å². The average molecular weight is 263 g/mol.